The van der Waals surface area contributed by atoms with Gasteiger partial charge < -0.3 is 10.1 Å². The lowest BCUT2D eigenvalue weighted by atomic mass is 10.2. The van der Waals surface area contributed by atoms with Gasteiger partial charge in [0.05, 0.1) is 6.10 Å². The predicted octanol–water partition coefficient (Wildman–Crippen LogP) is 4.24. The number of benzene rings is 1. The van der Waals surface area contributed by atoms with Gasteiger partial charge in [0.1, 0.15) is 5.75 Å². The van der Waals surface area contributed by atoms with Crippen LogP contribution in [-0.2, 0) is 6.54 Å². The van der Waals surface area contributed by atoms with E-state index in [4.69, 9.17) is 4.74 Å². The van der Waals surface area contributed by atoms with Gasteiger partial charge in [-0.2, -0.15) is 11.8 Å². The third kappa shape index (κ3) is 4.71. The lowest BCUT2D eigenvalue weighted by molar-refractivity contribution is 0.242. The summed E-state index contributed by atoms with van der Waals surface area (Å²) in [5.41, 5.74) is 1.32. The summed E-state index contributed by atoms with van der Waals surface area (Å²) in [5.74, 6) is 2.20. The molecule has 0 aromatic heterocycles. The van der Waals surface area contributed by atoms with Crippen LogP contribution in [0.2, 0.25) is 0 Å². The highest BCUT2D eigenvalue weighted by Gasteiger charge is 2.26. The van der Waals surface area contributed by atoms with E-state index >= 15 is 0 Å². The molecule has 0 amide bonds. The Hall–Kier alpha value is -0.670. The normalized spacial score (nSPS) is 22.4. The number of thioether (sulfide) groups is 1. The van der Waals surface area contributed by atoms with Crippen LogP contribution in [0.4, 0.5) is 0 Å². The average molecular weight is 293 g/mol. The van der Waals surface area contributed by atoms with Crippen LogP contribution in [0.15, 0.2) is 24.3 Å². The number of nitrogens with one attached hydrogen (secondary N) is 1. The molecule has 1 aromatic carbocycles. The second kappa shape index (κ2) is 7.94. The number of hydrogen-bond acceptors (Lipinski definition) is 3. The predicted molar refractivity (Wildman–Crippen MR) is 88.6 cm³/mol. The summed E-state index contributed by atoms with van der Waals surface area (Å²) in [7, 11) is 0. The van der Waals surface area contributed by atoms with Crippen molar-refractivity contribution in [1.29, 1.82) is 0 Å². The summed E-state index contributed by atoms with van der Waals surface area (Å²) in [6.45, 7) is 7.33. The van der Waals surface area contributed by atoms with E-state index in [-0.39, 0.29) is 6.10 Å². The first-order valence-corrected chi connectivity index (χ1v) is 8.84. The van der Waals surface area contributed by atoms with Gasteiger partial charge in [-0.25, -0.2) is 0 Å². The van der Waals surface area contributed by atoms with E-state index in [1.807, 2.05) is 6.07 Å². The van der Waals surface area contributed by atoms with Crippen LogP contribution >= 0.6 is 11.8 Å². The Morgan fingerprint density at radius 1 is 1.35 bits per heavy atom. The molecule has 0 bridgehead atoms. The fourth-order valence-corrected chi connectivity index (χ4v) is 4.05. The van der Waals surface area contributed by atoms with Gasteiger partial charge in [-0.1, -0.05) is 25.5 Å². The SMILES string of the molecule is CCSC1CCCC1NCc1cccc(OC(C)C)c1. The standard InChI is InChI=1S/C17H27NOS/c1-4-20-17-10-6-9-16(17)18-12-14-7-5-8-15(11-14)19-13(2)3/h5,7-8,11,13,16-18H,4,6,9-10,12H2,1-3H3. The Morgan fingerprint density at radius 3 is 2.95 bits per heavy atom. The first-order valence-electron chi connectivity index (χ1n) is 7.79. The third-order valence-corrected chi connectivity index (χ3v) is 5.00. The quantitative estimate of drug-likeness (QED) is 0.812. The van der Waals surface area contributed by atoms with Gasteiger partial charge in [0.15, 0.2) is 0 Å². The zero-order valence-corrected chi connectivity index (χ0v) is 13.7. The van der Waals surface area contributed by atoms with Crippen LogP contribution in [0.1, 0.15) is 45.6 Å². The molecule has 1 aromatic rings. The smallest absolute Gasteiger partial charge is 0.120 e. The summed E-state index contributed by atoms with van der Waals surface area (Å²) in [6, 6.07) is 9.13. The molecule has 2 rings (SSSR count). The summed E-state index contributed by atoms with van der Waals surface area (Å²) >= 11 is 2.11. The van der Waals surface area contributed by atoms with Gasteiger partial charge >= 0.3 is 0 Å². The molecular formula is C17H27NOS. The van der Waals surface area contributed by atoms with E-state index in [1.54, 1.807) is 0 Å². The summed E-state index contributed by atoms with van der Waals surface area (Å²) < 4.78 is 5.75. The molecule has 2 atom stereocenters. The van der Waals surface area contributed by atoms with Crippen LogP contribution in [-0.4, -0.2) is 23.1 Å². The Kier molecular flexibility index (Phi) is 6.24. The van der Waals surface area contributed by atoms with Crippen molar-refractivity contribution >= 4 is 11.8 Å². The molecular weight excluding hydrogens is 266 g/mol. The molecule has 112 valence electrons. The molecule has 20 heavy (non-hydrogen) atoms. The molecule has 0 saturated heterocycles. The average Bonchev–Trinajstić information content (AvgIpc) is 2.84. The second-order valence-electron chi connectivity index (χ2n) is 5.73. The van der Waals surface area contributed by atoms with Gasteiger partial charge in [0.25, 0.3) is 0 Å². The molecule has 0 aliphatic heterocycles. The Morgan fingerprint density at radius 2 is 2.20 bits per heavy atom. The highest BCUT2D eigenvalue weighted by molar-refractivity contribution is 7.99. The molecule has 1 aliphatic carbocycles. The van der Waals surface area contributed by atoms with Crippen LogP contribution in [0.25, 0.3) is 0 Å². The minimum Gasteiger partial charge on any atom is -0.491 e. The molecule has 1 fully saturated rings. The molecule has 2 nitrogen and oxygen atoms in total. The van der Waals surface area contributed by atoms with Crippen molar-refractivity contribution in [3.8, 4) is 5.75 Å². The Bertz CT molecular complexity index is 408. The topological polar surface area (TPSA) is 21.3 Å². The van der Waals surface area contributed by atoms with E-state index in [2.05, 4.69) is 56.0 Å². The highest BCUT2D eigenvalue weighted by Crippen LogP contribution is 2.30. The summed E-state index contributed by atoms with van der Waals surface area (Å²) in [6.07, 6.45) is 4.29. The summed E-state index contributed by atoms with van der Waals surface area (Å²) in [5, 5.41) is 4.54. The van der Waals surface area contributed by atoms with Crippen molar-refractivity contribution in [3.05, 3.63) is 29.8 Å². The number of rotatable bonds is 7. The highest BCUT2D eigenvalue weighted by atomic mass is 32.2. The fourth-order valence-electron chi connectivity index (χ4n) is 2.82. The Balaban J connectivity index is 1.87. The molecule has 0 heterocycles. The minimum atomic E-state index is 0.235. The number of hydrogen-bond donors (Lipinski definition) is 1. The lowest BCUT2D eigenvalue weighted by Gasteiger charge is -2.20. The van der Waals surface area contributed by atoms with Crippen molar-refractivity contribution < 1.29 is 4.74 Å². The third-order valence-electron chi connectivity index (χ3n) is 3.67. The van der Waals surface area contributed by atoms with Crippen LogP contribution in [0, 0.1) is 0 Å². The first kappa shape index (κ1) is 15.7. The van der Waals surface area contributed by atoms with E-state index < -0.39 is 0 Å². The molecule has 0 spiro atoms. The van der Waals surface area contributed by atoms with Gasteiger partial charge in [-0.15, -0.1) is 0 Å². The lowest BCUT2D eigenvalue weighted by Crippen LogP contribution is -2.33. The monoisotopic (exact) mass is 293 g/mol. The molecule has 0 radical (unpaired) electrons. The van der Waals surface area contributed by atoms with Crippen molar-refractivity contribution in [2.24, 2.45) is 0 Å². The molecule has 3 heteroatoms. The zero-order chi connectivity index (χ0) is 14.4. The minimum absolute atomic E-state index is 0.235. The van der Waals surface area contributed by atoms with Gasteiger partial charge in [-0.3, -0.25) is 0 Å². The molecule has 2 unspecified atom stereocenters. The molecule has 1 N–H and O–H groups in total. The van der Waals surface area contributed by atoms with E-state index in [0.29, 0.717) is 6.04 Å². The maximum absolute atomic E-state index is 5.75. The van der Waals surface area contributed by atoms with Gasteiger partial charge in [0.2, 0.25) is 0 Å². The maximum Gasteiger partial charge on any atom is 0.120 e. The van der Waals surface area contributed by atoms with E-state index in [1.165, 1.54) is 30.6 Å². The van der Waals surface area contributed by atoms with Gasteiger partial charge in [0, 0.05) is 17.8 Å². The largest absolute Gasteiger partial charge is 0.491 e. The molecule has 1 saturated carbocycles. The fraction of sp³-hybridized carbons (Fsp3) is 0.647. The Labute approximate surface area is 127 Å². The van der Waals surface area contributed by atoms with Crippen LogP contribution < -0.4 is 10.1 Å². The second-order valence-corrected chi connectivity index (χ2v) is 7.24. The van der Waals surface area contributed by atoms with E-state index in [0.717, 1.165) is 17.5 Å². The maximum atomic E-state index is 5.75. The van der Waals surface area contributed by atoms with Crippen molar-refractivity contribution in [1.82, 2.24) is 5.32 Å². The number of ether oxygens (including phenoxy) is 1. The van der Waals surface area contributed by atoms with E-state index in [9.17, 15) is 0 Å². The van der Waals surface area contributed by atoms with Crippen molar-refractivity contribution in [2.45, 2.75) is 64.0 Å². The van der Waals surface area contributed by atoms with Crippen LogP contribution in [0.3, 0.4) is 0 Å². The van der Waals surface area contributed by atoms with Gasteiger partial charge in [-0.05, 0) is 50.1 Å². The molecule has 1 aliphatic rings. The van der Waals surface area contributed by atoms with Crippen molar-refractivity contribution in [3.63, 3.8) is 0 Å². The zero-order valence-electron chi connectivity index (χ0n) is 12.9. The van der Waals surface area contributed by atoms with Crippen LogP contribution in [0.5, 0.6) is 5.75 Å². The summed E-state index contributed by atoms with van der Waals surface area (Å²) in [4.78, 5) is 0. The first-order chi connectivity index (χ1) is 9.69. The van der Waals surface area contributed by atoms with Crippen molar-refractivity contribution in [2.75, 3.05) is 5.75 Å².